The lowest BCUT2D eigenvalue weighted by molar-refractivity contribution is -0.126. The minimum absolute atomic E-state index is 0.204. The molecule has 2 aromatic rings. The SMILES string of the molecule is C=CCN1C(=O)NC(c2cccc(F)c2)C2=C1CN(Cc1ccco1)C2=O. The predicted octanol–water partition coefficient (Wildman–Crippen LogP) is 2.97. The summed E-state index contributed by atoms with van der Waals surface area (Å²) in [5, 5.41) is 2.82. The van der Waals surface area contributed by atoms with Crippen LogP contribution < -0.4 is 5.32 Å². The van der Waals surface area contributed by atoms with Crippen molar-refractivity contribution in [3.8, 4) is 0 Å². The van der Waals surface area contributed by atoms with Crippen molar-refractivity contribution in [3.05, 3.63) is 83.7 Å². The van der Waals surface area contributed by atoms with Crippen molar-refractivity contribution in [2.75, 3.05) is 13.1 Å². The molecule has 0 aliphatic carbocycles. The maximum atomic E-state index is 13.7. The Balaban J connectivity index is 1.73. The quantitative estimate of drug-likeness (QED) is 0.827. The van der Waals surface area contributed by atoms with Crippen molar-refractivity contribution < 1.29 is 18.4 Å². The van der Waals surface area contributed by atoms with E-state index in [4.69, 9.17) is 4.42 Å². The van der Waals surface area contributed by atoms with Gasteiger partial charge < -0.3 is 14.6 Å². The van der Waals surface area contributed by atoms with Gasteiger partial charge in [0.15, 0.2) is 0 Å². The second-order valence-corrected chi connectivity index (χ2v) is 6.44. The Bertz CT molecular complexity index is 936. The number of halogens is 1. The molecular weight excluding hydrogens is 349 g/mol. The summed E-state index contributed by atoms with van der Waals surface area (Å²) in [7, 11) is 0. The molecule has 1 aromatic carbocycles. The van der Waals surface area contributed by atoms with Gasteiger partial charge in [-0.2, -0.15) is 0 Å². The normalized spacial score (nSPS) is 19.4. The van der Waals surface area contributed by atoms with Crippen molar-refractivity contribution in [1.82, 2.24) is 15.1 Å². The monoisotopic (exact) mass is 367 g/mol. The van der Waals surface area contributed by atoms with Gasteiger partial charge in [-0.05, 0) is 29.8 Å². The van der Waals surface area contributed by atoms with E-state index in [0.717, 1.165) is 0 Å². The third kappa shape index (κ3) is 3.01. The molecule has 3 amide bonds. The number of carbonyl (C=O) groups is 2. The lowest BCUT2D eigenvalue weighted by Gasteiger charge is -2.33. The zero-order valence-corrected chi connectivity index (χ0v) is 14.5. The molecule has 1 aromatic heterocycles. The number of benzene rings is 1. The molecule has 3 heterocycles. The summed E-state index contributed by atoms with van der Waals surface area (Å²) in [5.74, 6) is 0.0279. The molecule has 0 radical (unpaired) electrons. The van der Waals surface area contributed by atoms with Gasteiger partial charge in [0.2, 0.25) is 0 Å². The van der Waals surface area contributed by atoms with Crippen LogP contribution in [0.3, 0.4) is 0 Å². The summed E-state index contributed by atoms with van der Waals surface area (Å²) in [6, 6.07) is 8.44. The van der Waals surface area contributed by atoms with E-state index in [9.17, 15) is 14.0 Å². The van der Waals surface area contributed by atoms with Crippen LogP contribution in [-0.2, 0) is 11.3 Å². The van der Waals surface area contributed by atoms with E-state index in [0.29, 0.717) is 29.1 Å². The third-order valence-corrected chi connectivity index (χ3v) is 4.72. The van der Waals surface area contributed by atoms with Crippen molar-refractivity contribution in [1.29, 1.82) is 0 Å². The van der Waals surface area contributed by atoms with E-state index in [1.54, 1.807) is 41.5 Å². The summed E-state index contributed by atoms with van der Waals surface area (Å²) in [4.78, 5) is 28.9. The van der Waals surface area contributed by atoms with Gasteiger partial charge in [0.1, 0.15) is 11.6 Å². The van der Waals surface area contributed by atoms with Crippen molar-refractivity contribution in [2.24, 2.45) is 0 Å². The van der Waals surface area contributed by atoms with Crippen LogP contribution in [0.2, 0.25) is 0 Å². The van der Waals surface area contributed by atoms with Gasteiger partial charge in [0, 0.05) is 6.54 Å². The molecule has 138 valence electrons. The van der Waals surface area contributed by atoms with Gasteiger partial charge in [0.05, 0.1) is 36.7 Å². The molecule has 1 N–H and O–H groups in total. The fourth-order valence-electron chi connectivity index (χ4n) is 3.53. The van der Waals surface area contributed by atoms with Gasteiger partial charge >= 0.3 is 6.03 Å². The van der Waals surface area contributed by atoms with Crippen LogP contribution >= 0.6 is 0 Å². The highest BCUT2D eigenvalue weighted by atomic mass is 19.1. The van der Waals surface area contributed by atoms with E-state index in [1.165, 1.54) is 17.0 Å². The number of hydrogen-bond acceptors (Lipinski definition) is 3. The van der Waals surface area contributed by atoms with E-state index in [-0.39, 0.29) is 25.0 Å². The molecule has 0 bridgehead atoms. The van der Waals surface area contributed by atoms with Gasteiger partial charge in [-0.1, -0.05) is 18.2 Å². The number of furan rings is 1. The fourth-order valence-corrected chi connectivity index (χ4v) is 3.53. The molecule has 1 atom stereocenters. The lowest BCUT2D eigenvalue weighted by atomic mass is 9.95. The smallest absolute Gasteiger partial charge is 0.322 e. The van der Waals surface area contributed by atoms with E-state index in [2.05, 4.69) is 11.9 Å². The highest BCUT2D eigenvalue weighted by Crippen LogP contribution is 2.36. The fraction of sp³-hybridized carbons (Fsp3) is 0.200. The number of carbonyl (C=O) groups excluding carboxylic acids is 2. The number of urea groups is 1. The molecule has 0 saturated heterocycles. The number of hydrogen-bond donors (Lipinski definition) is 1. The molecular formula is C20H18FN3O3. The first kappa shape index (κ1) is 17.1. The lowest BCUT2D eigenvalue weighted by Crippen LogP contribution is -2.47. The van der Waals surface area contributed by atoms with Crippen LogP contribution in [0, 0.1) is 5.82 Å². The number of nitrogens with zero attached hydrogens (tertiary/aromatic N) is 2. The van der Waals surface area contributed by atoms with Crippen LogP contribution in [0.5, 0.6) is 0 Å². The third-order valence-electron chi connectivity index (χ3n) is 4.72. The Morgan fingerprint density at radius 1 is 1.30 bits per heavy atom. The van der Waals surface area contributed by atoms with E-state index in [1.807, 2.05) is 0 Å². The standard InChI is InChI=1S/C20H18FN3O3/c1-2-8-24-16-12-23(11-15-7-4-9-27-15)19(25)17(16)18(22-20(24)26)13-5-3-6-14(21)10-13/h2-7,9-10,18H,1,8,11-12H2,(H,22,26). The molecule has 7 heteroatoms. The number of amides is 3. The molecule has 0 fully saturated rings. The predicted molar refractivity (Wildman–Crippen MR) is 95.7 cm³/mol. The van der Waals surface area contributed by atoms with E-state index >= 15 is 0 Å². The molecule has 0 saturated carbocycles. The van der Waals surface area contributed by atoms with Crippen LogP contribution in [0.1, 0.15) is 17.4 Å². The Morgan fingerprint density at radius 2 is 2.15 bits per heavy atom. The zero-order valence-electron chi connectivity index (χ0n) is 14.5. The van der Waals surface area contributed by atoms with Crippen molar-refractivity contribution in [2.45, 2.75) is 12.6 Å². The summed E-state index contributed by atoms with van der Waals surface area (Å²) < 4.78 is 19.1. The second kappa shape index (κ2) is 6.75. The Labute approximate surface area is 155 Å². The molecule has 0 spiro atoms. The topological polar surface area (TPSA) is 65.8 Å². The molecule has 6 nitrogen and oxygen atoms in total. The molecule has 27 heavy (non-hydrogen) atoms. The number of nitrogens with one attached hydrogen (secondary N) is 1. The van der Waals surface area contributed by atoms with Crippen molar-refractivity contribution in [3.63, 3.8) is 0 Å². The summed E-state index contributed by atoms with van der Waals surface area (Å²) in [6.45, 7) is 4.54. The van der Waals surface area contributed by atoms with Crippen LogP contribution in [0.4, 0.5) is 9.18 Å². The molecule has 1 unspecified atom stereocenters. The second-order valence-electron chi connectivity index (χ2n) is 6.44. The molecule has 2 aliphatic heterocycles. The maximum Gasteiger partial charge on any atom is 0.322 e. The zero-order chi connectivity index (χ0) is 19.0. The highest BCUT2D eigenvalue weighted by Gasteiger charge is 2.43. The minimum Gasteiger partial charge on any atom is -0.467 e. The van der Waals surface area contributed by atoms with Gasteiger partial charge in [-0.15, -0.1) is 6.58 Å². The van der Waals surface area contributed by atoms with Crippen LogP contribution in [0.25, 0.3) is 0 Å². The Hall–Kier alpha value is -3.35. The Morgan fingerprint density at radius 3 is 2.85 bits per heavy atom. The van der Waals surface area contributed by atoms with E-state index < -0.39 is 11.9 Å². The van der Waals surface area contributed by atoms with Gasteiger partial charge in [-0.25, -0.2) is 9.18 Å². The van der Waals surface area contributed by atoms with Crippen LogP contribution in [-0.4, -0.2) is 34.8 Å². The molecule has 4 rings (SSSR count). The Kier molecular flexibility index (Phi) is 4.27. The van der Waals surface area contributed by atoms with Gasteiger partial charge in [0.25, 0.3) is 5.91 Å². The van der Waals surface area contributed by atoms with Gasteiger partial charge in [-0.3, -0.25) is 9.69 Å². The van der Waals surface area contributed by atoms with Crippen LogP contribution in [0.15, 0.2) is 71.0 Å². The first-order valence-corrected chi connectivity index (χ1v) is 8.57. The molecule has 2 aliphatic rings. The summed E-state index contributed by atoms with van der Waals surface area (Å²) in [6.07, 6.45) is 3.15. The minimum atomic E-state index is -0.696. The number of rotatable bonds is 5. The summed E-state index contributed by atoms with van der Waals surface area (Å²) >= 11 is 0. The van der Waals surface area contributed by atoms with Crippen molar-refractivity contribution >= 4 is 11.9 Å². The maximum absolute atomic E-state index is 13.7. The average molecular weight is 367 g/mol. The first-order valence-electron chi connectivity index (χ1n) is 8.57. The largest absolute Gasteiger partial charge is 0.467 e. The average Bonchev–Trinajstić information content (AvgIpc) is 3.26. The first-order chi connectivity index (χ1) is 13.1. The highest BCUT2D eigenvalue weighted by molar-refractivity contribution is 6.01. The summed E-state index contributed by atoms with van der Waals surface area (Å²) in [5.41, 5.74) is 1.60.